The first-order valence-electron chi connectivity index (χ1n) is 11.2. The second-order valence-corrected chi connectivity index (χ2v) is 8.57. The molecule has 3 unspecified atom stereocenters. The number of carbonyl (C=O) groups excluding carboxylic acids is 1. The predicted octanol–water partition coefficient (Wildman–Crippen LogP) is 3.07. The van der Waals surface area contributed by atoms with Gasteiger partial charge in [-0.25, -0.2) is 5.43 Å². The first kappa shape index (κ1) is 22.6. The van der Waals surface area contributed by atoms with Gasteiger partial charge in [-0.15, -0.1) is 0 Å². The molecule has 0 saturated carbocycles. The van der Waals surface area contributed by atoms with Crippen molar-refractivity contribution < 1.29 is 19.0 Å². The third kappa shape index (κ3) is 4.90. The first-order chi connectivity index (χ1) is 15.6. The SMILES string of the molecule is COc1ccc(C2NNCC2CN2CCCC(C(=O)c3ccc(OC)cc3OC)C2)cc1. The Hall–Kier alpha value is -2.61. The number of hydrazine groups is 1. The summed E-state index contributed by atoms with van der Waals surface area (Å²) in [6.07, 6.45) is 1.93. The van der Waals surface area contributed by atoms with Crippen molar-refractivity contribution in [1.82, 2.24) is 15.8 Å². The monoisotopic (exact) mass is 439 g/mol. The van der Waals surface area contributed by atoms with Gasteiger partial charge in [0.2, 0.25) is 0 Å². The minimum Gasteiger partial charge on any atom is -0.497 e. The summed E-state index contributed by atoms with van der Waals surface area (Å²) in [6.45, 7) is 3.65. The minimum atomic E-state index is -0.0206. The molecule has 2 saturated heterocycles. The molecule has 2 aliphatic heterocycles. The Labute approximate surface area is 190 Å². The molecule has 0 radical (unpaired) electrons. The summed E-state index contributed by atoms with van der Waals surface area (Å²) in [5.74, 6) is 2.69. The van der Waals surface area contributed by atoms with Crippen molar-refractivity contribution in [3.63, 3.8) is 0 Å². The van der Waals surface area contributed by atoms with Gasteiger partial charge in [-0.2, -0.15) is 0 Å². The lowest BCUT2D eigenvalue weighted by atomic mass is 9.88. The van der Waals surface area contributed by atoms with Gasteiger partial charge in [-0.1, -0.05) is 12.1 Å². The van der Waals surface area contributed by atoms with Gasteiger partial charge in [0.25, 0.3) is 0 Å². The summed E-state index contributed by atoms with van der Waals surface area (Å²) < 4.78 is 16.0. The summed E-state index contributed by atoms with van der Waals surface area (Å²) in [5, 5.41) is 0. The molecule has 0 aliphatic carbocycles. The molecule has 32 heavy (non-hydrogen) atoms. The van der Waals surface area contributed by atoms with E-state index in [-0.39, 0.29) is 17.7 Å². The van der Waals surface area contributed by atoms with Gasteiger partial charge in [0.05, 0.1) is 32.9 Å². The smallest absolute Gasteiger partial charge is 0.170 e. The fourth-order valence-electron chi connectivity index (χ4n) is 4.86. The molecule has 0 bridgehead atoms. The molecule has 0 amide bonds. The molecular formula is C25H33N3O4. The summed E-state index contributed by atoms with van der Waals surface area (Å²) in [4.78, 5) is 15.8. The molecule has 2 aromatic rings. The van der Waals surface area contributed by atoms with E-state index in [0.717, 1.165) is 44.8 Å². The van der Waals surface area contributed by atoms with Crippen LogP contribution in [-0.2, 0) is 0 Å². The molecule has 2 aliphatic rings. The number of rotatable bonds is 8. The highest BCUT2D eigenvalue weighted by molar-refractivity contribution is 6.00. The van der Waals surface area contributed by atoms with Gasteiger partial charge in [-0.3, -0.25) is 10.2 Å². The van der Waals surface area contributed by atoms with E-state index < -0.39 is 0 Å². The van der Waals surface area contributed by atoms with Crippen LogP contribution in [0.1, 0.15) is 34.8 Å². The van der Waals surface area contributed by atoms with Gasteiger partial charge in [0.15, 0.2) is 5.78 Å². The van der Waals surface area contributed by atoms with E-state index in [0.29, 0.717) is 23.0 Å². The molecule has 2 heterocycles. The minimum absolute atomic E-state index is 0.0206. The predicted molar refractivity (Wildman–Crippen MR) is 123 cm³/mol. The van der Waals surface area contributed by atoms with Crippen molar-refractivity contribution in [2.24, 2.45) is 11.8 Å². The number of benzene rings is 2. The number of nitrogens with zero attached hydrogens (tertiary/aromatic N) is 1. The molecule has 172 valence electrons. The van der Waals surface area contributed by atoms with Crippen molar-refractivity contribution in [2.75, 3.05) is 47.5 Å². The molecule has 7 nitrogen and oxygen atoms in total. The first-order valence-corrected chi connectivity index (χ1v) is 11.2. The van der Waals surface area contributed by atoms with Crippen LogP contribution in [0, 0.1) is 11.8 Å². The van der Waals surface area contributed by atoms with Crippen LogP contribution in [0.15, 0.2) is 42.5 Å². The maximum atomic E-state index is 13.3. The number of methoxy groups -OCH3 is 3. The summed E-state index contributed by atoms with van der Waals surface area (Å²) in [5.41, 5.74) is 8.63. The molecule has 0 aromatic heterocycles. The number of piperidine rings is 1. The van der Waals surface area contributed by atoms with Crippen LogP contribution in [-0.4, -0.2) is 58.2 Å². The maximum absolute atomic E-state index is 13.3. The van der Waals surface area contributed by atoms with Crippen molar-refractivity contribution in [3.8, 4) is 17.2 Å². The lowest BCUT2D eigenvalue weighted by Gasteiger charge is -2.34. The highest BCUT2D eigenvalue weighted by Crippen LogP contribution is 2.31. The third-order valence-corrected chi connectivity index (χ3v) is 6.61. The second-order valence-electron chi connectivity index (χ2n) is 8.57. The number of likely N-dealkylation sites (tertiary alicyclic amines) is 1. The van der Waals surface area contributed by atoms with Crippen LogP contribution < -0.4 is 25.1 Å². The average Bonchev–Trinajstić information content (AvgIpc) is 3.31. The van der Waals surface area contributed by atoms with E-state index in [4.69, 9.17) is 14.2 Å². The topological polar surface area (TPSA) is 72.1 Å². The number of Topliss-reactive ketones (excluding diaryl/α,β-unsaturated/α-hetero) is 1. The molecule has 3 atom stereocenters. The Balaban J connectivity index is 1.42. The van der Waals surface area contributed by atoms with Crippen LogP contribution in [0.5, 0.6) is 17.2 Å². The zero-order valence-electron chi connectivity index (χ0n) is 19.1. The zero-order valence-corrected chi connectivity index (χ0v) is 19.1. The Morgan fingerprint density at radius 3 is 2.50 bits per heavy atom. The third-order valence-electron chi connectivity index (χ3n) is 6.61. The Kier molecular flexibility index (Phi) is 7.29. The van der Waals surface area contributed by atoms with Gasteiger partial charge < -0.3 is 19.1 Å². The zero-order chi connectivity index (χ0) is 22.5. The molecular weight excluding hydrogens is 406 g/mol. The molecule has 0 spiro atoms. The van der Waals surface area contributed by atoms with Gasteiger partial charge in [0.1, 0.15) is 17.2 Å². The molecule has 7 heteroatoms. The van der Waals surface area contributed by atoms with E-state index in [1.165, 1.54) is 5.56 Å². The van der Waals surface area contributed by atoms with Crippen LogP contribution in [0.2, 0.25) is 0 Å². The number of nitrogens with one attached hydrogen (secondary N) is 2. The van der Waals surface area contributed by atoms with E-state index in [1.807, 2.05) is 24.3 Å². The number of ether oxygens (including phenoxy) is 3. The van der Waals surface area contributed by atoms with Crippen LogP contribution in [0.25, 0.3) is 0 Å². The number of carbonyl (C=O) groups is 1. The summed E-state index contributed by atoms with van der Waals surface area (Å²) >= 11 is 0. The van der Waals surface area contributed by atoms with Crippen molar-refractivity contribution in [3.05, 3.63) is 53.6 Å². The van der Waals surface area contributed by atoms with Gasteiger partial charge >= 0.3 is 0 Å². The van der Waals surface area contributed by atoms with E-state index in [1.54, 1.807) is 27.4 Å². The fourth-order valence-corrected chi connectivity index (χ4v) is 4.86. The number of ketones is 1. The Morgan fingerprint density at radius 1 is 1.03 bits per heavy atom. The van der Waals surface area contributed by atoms with Crippen LogP contribution in [0.3, 0.4) is 0 Å². The van der Waals surface area contributed by atoms with Crippen LogP contribution >= 0.6 is 0 Å². The van der Waals surface area contributed by atoms with Crippen LogP contribution in [0.4, 0.5) is 0 Å². The average molecular weight is 440 g/mol. The van der Waals surface area contributed by atoms with E-state index in [9.17, 15) is 4.79 Å². The van der Waals surface area contributed by atoms with Crippen molar-refractivity contribution >= 4 is 5.78 Å². The lowest BCUT2D eigenvalue weighted by molar-refractivity contribution is 0.0795. The number of hydrogen-bond donors (Lipinski definition) is 2. The lowest BCUT2D eigenvalue weighted by Crippen LogP contribution is -2.42. The highest BCUT2D eigenvalue weighted by Gasteiger charge is 2.33. The number of hydrogen-bond acceptors (Lipinski definition) is 7. The van der Waals surface area contributed by atoms with E-state index >= 15 is 0 Å². The highest BCUT2D eigenvalue weighted by atomic mass is 16.5. The normalized spacial score (nSPS) is 23.7. The Morgan fingerprint density at radius 2 is 1.78 bits per heavy atom. The second kappa shape index (κ2) is 10.3. The fraction of sp³-hybridized carbons (Fsp3) is 0.480. The molecule has 2 aromatic carbocycles. The summed E-state index contributed by atoms with van der Waals surface area (Å²) in [7, 11) is 4.89. The van der Waals surface area contributed by atoms with Crippen molar-refractivity contribution in [2.45, 2.75) is 18.9 Å². The molecule has 2 fully saturated rings. The quantitative estimate of drug-likeness (QED) is 0.613. The molecule has 4 rings (SSSR count). The largest absolute Gasteiger partial charge is 0.497 e. The van der Waals surface area contributed by atoms with E-state index in [2.05, 4.69) is 27.9 Å². The van der Waals surface area contributed by atoms with Crippen molar-refractivity contribution in [1.29, 1.82) is 0 Å². The molecule has 2 N–H and O–H groups in total. The Bertz CT molecular complexity index is 918. The summed E-state index contributed by atoms with van der Waals surface area (Å²) in [6, 6.07) is 13.9. The maximum Gasteiger partial charge on any atom is 0.170 e. The van der Waals surface area contributed by atoms with Gasteiger partial charge in [0, 0.05) is 37.5 Å². The van der Waals surface area contributed by atoms with Gasteiger partial charge in [-0.05, 0) is 49.2 Å². The standard InChI is InChI=1S/C25H33N3O4/c1-30-20-8-6-17(7-9-20)24-19(14-26-27-24)16-28-12-4-5-18(15-28)25(29)22-11-10-21(31-2)13-23(22)32-3/h6-11,13,18-19,24,26-27H,4-5,12,14-16H2,1-3H3.